The van der Waals surface area contributed by atoms with Crippen LogP contribution in [0.15, 0.2) is 10.2 Å². The quantitative estimate of drug-likeness (QED) is 0.695. The van der Waals surface area contributed by atoms with Crippen molar-refractivity contribution in [2.75, 3.05) is 13.1 Å². The van der Waals surface area contributed by atoms with Crippen LogP contribution in [-0.4, -0.2) is 35.7 Å². The lowest BCUT2D eigenvalue weighted by Gasteiger charge is -2.18. The number of carbonyl (C=O) groups excluding carboxylic acids is 1. The number of amides is 1. The Morgan fingerprint density at radius 1 is 1.38 bits per heavy atom. The molecular formula is C14H18F3N3O. The lowest BCUT2D eigenvalue weighted by molar-refractivity contribution is -0.145. The zero-order chi connectivity index (χ0) is 15.5. The van der Waals surface area contributed by atoms with Crippen molar-refractivity contribution in [2.45, 2.75) is 50.4 Å². The molecule has 1 atom stereocenters. The van der Waals surface area contributed by atoms with Crippen LogP contribution in [0, 0.1) is 18.3 Å². The zero-order valence-corrected chi connectivity index (χ0v) is 11.7. The van der Waals surface area contributed by atoms with Crippen molar-refractivity contribution < 1.29 is 18.0 Å². The monoisotopic (exact) mass is 301 g/mol. The van der Waals surface area contributed by atoms with Crippen LogP contribution in [0.4, 0.5) is 13.2 Å². The van der Waals surface area contributed by atoms with Gasteiger partial charge in [0.2, 0.25) is 5.91 Å². The molecule has 0 aromatic heterocycles. The number of carbonyl (C=O) groups is 1. The molecule has 0 saturated carbocycles. The third kappa shape index (κ3) is 4.73. The summed E-state index contributed by atoms with van der Waals surface area (Å²) in [6.07, 6.45) is 2.57. The number of halogens is 3. The molecule has 0 radical (unpaired) electrons. The van der Waals surface area contributed by atoms with E-state index >= 15 is 0 Å². The number of terminal acetylenes is 1. The van der Waals surface area contributed by atoms with Gasteiger partial charge in [0, 0.05) is 45.2 Å². The molecule has 0 aliphatic carbocycles. The number of rotatable bonds is 6. The first-order chi connectivity index (χ1) is 9.84. The lowest BCUT2D eigenvalue weighted by atomic mass is 10.0. The Bertz CT molecular complexity index is 461. The highest BCUT2D eigenvalue weighted by atomic mass is 19.4. The van der Waals surface area contributed by atoms with Crippen LogP contribution < -0.4 is 0 Å². The number of hydrogen-bond acceptors (Lipinski definition) is 3. The van der Waals surface area contributed by atoms with Crippen LogP contribution in [0.3, 0.4) is 0 Å². The summed E-state index contributed by atoms with van der Waals surface area (Å²) in [5, 5.41) is 7.89. The van der Waals surface area contributed by atoms with E-state index in [9.17, 15) is 18.0 Å². The average molecular weight is 301 g/mol. The molecule has 2 aliphatic rings. The summed E-state index contributed by atoms with van der Waals surface area (Å²) in [5.41, 5.74) is -0.507. The van der Waals surface area contributed by atoms with Crippen molar-refractivity contribution in [3.63, 3.8) is 0 Å². The minimum absolute atomic E-state index is 0.114. The Hall–Kier alpha value is -1.58. The van der Waals surface area contributed by atoms with Gasteiger partial charge in [0.25, 0.3) is 0 Å². The van der Waals surface area contributed by atoms with Crippen LogP contribution in [0.5, 0.6) is 0 Å². The molecule has 2 rings (SSSR count). The van der Waals surface area contributed by atoms with Gasteiger partial charge in [-0.1, -0.05) is 0 Å². The summed E-state index contributed by atoms with van der Waals surface area (Å²) in [5.74, 6) is 1.93. The maximum absolute atomic E-state index is 12.3. The molecule has 2 aliphatic heterocycles. The van der Waals surface area contributed by atoms with Crippen LogP contribution in [0.25, 0.3) is 0 Å². The van der Waals surface area contributed by atoms with Gasteiger partial charge in [-0.3, -0.25) is 4.79 Å². The van der Waals surface area contributed by atoms with E-state index in [2.05, 4.69) is 16.1 Å². The first-order valence-electron chi connectivity index (χ1n) is 7.06. The molecule has 7 heteroatoms. The molecule has 2 heterocycles. The predicted octanol–water partition coefficient (Wildman–Crippen LogP) is 3.14. The van der Waals surface area contributed by atoms with Crippen LogP contribution in [-0.2, 0) is 4.79 Å². The summed E-state index contributed by atoms with van der Waals surface area (Å²) in [7, 11) is 0. The van der Waals surface area contributed by atoms with Crippen LogP contribution in [0.2, 0.25) is 0 Å². The Balaban J connectivity index is 1.72. The third-order valence-electron chi connectivity index (χ3n) is 3.95. The van der Waals surface area contributed by atoms with E-state index in [1.165, 1.54) is 4.90 Å². The smallest absolute Gasteiger partial charge is 0.342 e. The van der Waals surface area contributed by atoms with Crippen LogP contribution >= 0.6 is 0 Å². The summed E-state index contributed by atoms with van der Waals surface area (Å²) >= 11 is 0. The maximum Gasteiger partial charge on any atom is 0.389 e. The number of nitrogens with zero attached hydrogens (tertiary/aromatic N) is 3. The second-order valence-electron chi connectivity index (χ2n) is 5.70. The van der Waals surface area contributed by atoms with Gasteiger partial charge in [-0.2, -0.15) is 23.4 Å². The molecule has 21 heavy (non-hydrogen) atoms. The Labute approximate surface area is 121 Å². The number of hydrogen-bond donors (Lipinski definition) is 0. The molecule has 0 aromatic rings. The standard InChI is InChI=1S/C14H18F3N3O/c1-2-3-6-13(18-19-13)7-4-12(21)20-8-5-11(10-20)9-14(15,16)17/h1,11H,3-10H2. The highest BCUT2D eigenvalue weighted by Crippen LogP contribution is 2.38. The summed E-state index contributed by atoms with van der Waals surface area (Å²) in [6, 6.07) is 0. The average Bonchev–Trinajstić information content (AvgIpc) is 3.03. The topological polar surface area (TPSA) is 45.0 Å². The van der Waals surface area contributed by atoms with Gasteiger partial charge in [-0.05, 0) is 12.3 Å². The first-order valence-corrected chi connectivity index (χ1v) is 7.06. The highest BCUT2D eigenvalue weighted by Gasteiger charge is 2.41. The van der Waals surface area contributed by atoms with E-state index in [-0.39, 0.29) is 18.9 Å². The molecule has 0 aromatic carbocycles. The molecule has 1 fully saturated rings. The molecular weight excluding hydrogens is 283 g/mol. The molecule has 0 spiro atoms. The summed E-state index contributed by atoms with van der Waals surface area (Å²) in [4.78, 5) is 13.5. The van der Waals surface area contributed by atoms with E-state index in [0.717, 1.165) is 0 Å². The Kier molecular flexibility index (Phi) is 4.55. The van der Waals surface area contributed by atoms with Crippen molar-refractivity contribution in [2.24, 2.45) is 16.1 Å². The lowest BCUT2D eigenvalue weighted by Crippen LogP contribution is -2.30. The highest BCUT2D eigenvalue weighted by molar-refractivity contribution is 5.76. The molecule has 0 N–H and O–H groups in total. The third-order valence-corrected chi connectivity index (χ3v) is 3.95. The molecule has 1 saturated heterocycles. The van der Waals surface area contributed by atoms with Gasteiger partial charge < -0.3 is 4.90 Å². The van der Waals surface area contributed by atoms with Crippen molar-refractivity contribution in [3.05, 3.63) is 0 Å². The van der Waals surface area contributed by atoms with Crippen LogP contribution in [0.1, 0.15) is 38.5 Å². The van der Waals surface area contributed by atoms with E-state index in [1.54, 1.807) is 0 Å². The summed E-state index contributed by atoms with van der Waals surface area (Å²) < 4.78 is 37.0. The van der Waals surface area contributed by atoms with Gasteiger partial charge in [-0.25, -0.2) is 0 Å². The minimum Gasteiger partial charge on any atom is -0.342 e. The summed E-state index contributed by atoms with van der Waals surface area (Å²) in [6.45, 7) is 0.606. The zero-order valence-electron chi connectivity index (χ0n) is 11.7. The van der Waals surface area contributed by atoms with Crippen molar-refractivity contribution in [3.8, 4) is 12.3 Å². The molecule has 4 nitrogen and oxygen atoms in total. The largest absolute Gasteiger partial charge is 0.389 e. The van der Waals surface area contributed by atoms with E-state index < -0.39 is 24.2 Å². The number of alkyl halides is 3. The predicted molar refractivity (Wildman–Crippen MR) is 70.2 cm³/mol. The Morgan fingerprint density at radius 2 is 2.10 bits per heavy atom. The van der Waals surface area contributed by atoms with Gasteiger partial charge in [0.1, 0.15) is 0 Å². The number of likely N-dealkylation sites (tertiary alicyclic amines) is 1. The SMILES string of the molecule is C#CCCC1(CCC(=O)N2CCC(CC(F)(F)F)C2)N=N1. The second-order valence-corrected chi connectivity index (χ2v) is 5.70. The molecule has 0 bridgehead atoms. The fourth-order valence-electron chi connectivity index (χ4n) is 2.69. The van der Waals surface area contributed by atoms with Gasteiger partial charge >= 0.3 is 6.18 Å². The van der Waals surface area contributed by atoms with Gasteiger partial charge in [-0.15, -0.1) is 12.3 Å². The molecule has 1 amide bonds. The van der Waals surface area contributed by atoms with E-state index in [0.29, 0.717) is 32.2 Å². The minimum atomic E-state index is -4.16. The molecule has 1 unspecified atom stereocenters. The normalized spacial score (nSPS) is 23.1. The first kappa shape index (κ1) is 15.8. The van der Waals surface area contributed by atoms with Gasteiger partial charge in [0.05, 0.1) is 0 Å². The van der Waals surface area contributed by atoms with E-state index in [1.807, 2.05) is 0 Å². The van der Waals surface area contributed by atoms with E-state index in [4.69, 9.17) is 6.42 Å². The fraction of sp³-hybridized carbons (Fsp3) is 0.786. The van der Waals surface area contributed by atoms with Crippen molar-refractivity contribution in [1.29, 1.82) is 0 Å². The van der Waals surface area contributed by atoms with Crippen molar-refractivity contribution in [1.82, 2.24) is 4.90 Å². The Morgan fingerprint density at radius 3 is 2.67 bits per heavy atom. The molecule has 116 valence electrons. The van der Waals surface area contributed by atoms with Gasteiger partial charge in [0.15, 0.2) is 5.66 Å². The van der Waals surface area contributed by atoms with Crippen molar-refractivity contribution >= 4 is 5.91 Å². The fourth-order valence-corrected chi connectivity index (χ4v) is 2.69. The maximum atomic E-state index is 12.3. The second kappa shape index (κ2) is 6.04.